The molecule has 5 aromatic carbocycles. The van der Waals surface area contributed by atoms with E-state index >= 15 is 9.59 Å². The maximum Gasteiger partial charge on any atom is 0.347 e. The minimum absolute atomic E-state index is 0.0718. The summed E-state index contributed by atoms with van der Waals surface area (Å²) in [6.07, 6.45) is 1.64. The van der Waals surface area contributed by atoms with Crippen molar-refractivity contribution < 1.29 is 28.9 Å². The molecule has 2 N–H and O–H groups in total. The van der Waals surface area contributed by atoms with Crippen LogP contribution in [-0.4, -0.2) is 66.7 Å². The number of hydrogen-bond donors (Lipinski definition) is 2. The first-order valence-corrected chi connectivity index (χ1v) is 21.8. The van der Waals surface area contributed by atoms with Crippen LogP contribution in [0, 0.1) is 5.92 Å². The Balaban J connectivity index is 1.14. The summed E-state index contributed by atoms with van der Waals surface area (Å²) >= 11 is 12.8. The Bertz CT molecular complexity index is 3410. The quantitative estimate of drug-likeness (QED) is 0.119. The smallest absolute Gasteiger partial charge is 0.347 e. The molecule has 16 nitrogen and oxygen atoms in total. The number of methoxy groups -OCH3 is 3. The highest BCUT2D eigenvalue weighted by molar-refractivity contribution is 6.36. The maximum atomic E-state index is 15.8. The number of phenolic OH excluding ortho intramolecular Hbond substituents is 1. The molecule has 1 aliphatic carbocycles. The van der Waals surface area contributed by atoms with Crippen LogP contribution < -0.4 is 36.6 Å². The van der Waals surface area contributed by atoms with Crippen molar-refractivity contribution in [3.8, 4) is 23.0 Å². The molecule has 3 aliphatic rings. The van der Waals surface area contributed by atoms with Gasteiger partial charge in [0.05, 0.1) is 67.0 Å². The Morgan fingerprint density at radius 1 is 0.864 bits per heavy atom. The van der Waals surface area contributed by atoms with E-state index in [-0.39, 0.29) is 48.1 Å². The monoisotopic (exact) mass is 929 g/mol. The molecule has 2 fully saturated rings. The van der Waals surface area contributed by atoms with Gasteiger partial charge in [-0.15, -0.1) is 0 Å². The van der Waals surface area contributed by atoms with E-state index < -0.39 is 52.0 Å². The van der Waals surface area contributed by atoms with Crippen molar-refractivity contribution in [2.75, 3.05) is 26.8 Å². The molecule has 1 saturated carbocycles. The maximum absolute atomic E-state index is 15.8. The number of aromatic hydroxyl groups is 1. The Morgan fingerprint density at radius 2 is 1.61 bits per heavy atom. The Morgan fingerprint density at radius 3 is 2.33 bits per heavy atom. The number of nitrogens with zero attached hydrogens (tertiary/aromatic N) is 6. The summed E-state index contributed by atoms with van der Waals surface area (Å²) in [5.41, 5.74) is 2.20. The molecule has 4 heterocycles. The fourth-order valence-electron chi connectivity index (χ4n) is 10.3. The molecule has 336 valence electrons. The van der Waals surface area contributed by atoms with Crippen LogP contribution >= 0.6 is 23.2 Å². The topological polar surface area (TPSA) is 181 Å². The number of benzene rings is 5. The van der Waals surface area contributed by atoms with E-state index in [1.54, 1.807) is 67.7 Å². The van der Waals surface area contributed by atoms with Gasteiger partial charge < -0.3 is 23.9 Å². The number of rotatable bonds is 10. The van der Waals surface area contributed by atoms with E-state index in [1.807, 2.05) is 30.3 Å². The lowest BCUT2D eigenvalue weighted by atomic mass is 9.52. The summed E-state index contributed by atoms with van der Waals surface area (Å²) < 4.78 is 21.5. The highest BCUT2D eigenvalue weighted by Gasteiger charge is 2.69. The number of imide groups is 1. The van der Waals surface area contributed by atoms with E-state index in [0.29, 0.717) is 55.4 Å². The predicted octanol–water partition coefficient (Wildman–Crippen LogP) is 6.11. The standard InChI is InChI=1S/C48H41Cl2N7O9/c1-53-37-24-40(66-4)39(65-3)23-35(37)51-34(44(53)60)18-19-54-46(62)55-20-17-30-36(57(55)47(54)63)22-31-43(59)56(52-33-15-12-27(49)21-32(33)50)45(61)48(31,26-10-13-28(64-2)14-11-26)42(30)41-29-8-6-5-7-25(29)9-16-38(41)58/h5-17,21,23-24,31,36,42,52,58H,18-20,22H2,1-4H3. The summed E-state index contributed by atoms with van der Waals surface area (Å²) in [6.45, 7) is -0.280. The first kappa shape index (κ1) is 42.6. The second kappa shape index (κ2) is 16.0. The van der Waals surface area contributed by atoms with Gasteiger partial charge in [-0.2, -0.15) is 5.01 Å². The van der Waals surface area contributed by atoms with Gasteiger partial charge in [-0.25, -0.2) is 28.5 Å². The number of carbonyl (C=O) groups is 2. The summed E-state index contributed by atoms with van der Waals surface area (Å²) in [6, 6.07) is 24.6. The average Bonchev–Trinajstić information content (AvgIpc) is 3.70. The summed E-state index contributed by atoms with van der Waals surface area (Å²) in [7, 11) is 6.10. The average molecular weight is 931 g/mol. The van der Waals surface area contributed by atoms with E-state index in [4.69, 9.17) is 37.4 Å². The molecule has 10 rings (SSSR count). The van der Waals surface area contributed by atoms with E-state index in [0.717, 1.165) is 15.0 Å². The number of carbonyl (C=O) groups excluding carboxylic acids is 2. The van der Waals surface area contributed by atoms with Crippen LogP contribution in [0.2, 0.25) is 10.0 Å². The minimum atomic E-state index is -1.73. The van der Waals surface area contributed by atoms with Gasteiger partial charge in [0, 0.05) is 48.6 Å². The van der Waals surface area contributed by atoms with Gasteiger partial charge in [0.25, 0.3) is 17.4 Å². The van der Waals surface area contributed by atoms with Crippen LogP contribution in [0.15, 0.2) is 117 Å². The number of hydrazine groups is 1. The first-order valence-electron chi connectivity index (χ1n) is 21.0. The zero-order valence-electron chi connectivity index (χ0n) is 36.0. The third-order valence-corrected chi connectivity index (χ3v) is 13.9. The van der Waals surface area contributed by atoms with E-state index in [1.165, 1.54) is 41.3 Å². The Labute approximate surface area is 385 Å². The molecular weight excluding hydrogens is 889 g/mol. The van der Waals surface area contributed by atoms with Gasteiger partial charge in [-0.05, 0) is 64.7 Å². The van der Waals surface area contributed by atoms with Gasteiger partial charge in [-0.3, -0.25) is 19.8 Å². The van der Waals surface area contributed by atoms with E-state index in [2.05, 4.69) is 10.4 Å². The molecule has 7 aromatic rings. The molecule has 2 amide bonds. The lowest BCUT2D eigenvalue weighted by molar-refractivity contribution is -0.138. The fraction of sp³-hybridized carbons (Fsp3) is 0.250. The number of halogens is 2. The highest BCUT2D eigenvalue weighted by Crippen LogP contribution is 2.63. The molecule has 2 aliphatic heterocycles. The van der Waals surface area contributed by atoms with Crippen LogP contribution in [-0.2, 0) is 41.6 Å². The number of phenols is 1. The fourth-order valence-corrected chi connectivity index (χ4v) is 10.8. The van der Waals surface area contributed by atoms with Crippen molar-refractivity contribution in [3.05, 3.63) is 161 Å². The molecule has 4 unspecified atom stereocenters. The van der Waals surface area contributed by atoms with Crippen molar-refractivity contribution in [1.29, 1.82) is 0 Å². The molecule has 2 aromatic heterocycles. The zero-order valence-corrected chi connectivity index (χ0v) is 37.5. The van der Waals surface area contributed by atoms with Crippen LogP contribution in [0.4, 0.5) is 5.69 Å². The van der Waals surface area contributed by atoms with Crippen molar-refractivity contribution in [1.82, 2.24) is 28.5 Å². The van der Waals surface area contributed by atoms with Crippen LogP contribution in [0.5, 0.6) is 23.0 Å². The van der Waals surface area contributed by atoms with Gasteiger partial charge in [0.15, 0.2) is 11.5 Å². The SMILES string of the molecule is COc1ccc(C23C(=O)N(Nc4ccc(Cl)cc4Cl)C(=O)C2CC2C(=CCn4c(=O)n(CCc5nc6cc(OC)c(OC)cc6n(C)c5=O)c(=O)n42)C3c2c(O)ccc3ccccc23)cc1. The Kier molecular flexibility index (Phi) is 10.3. The number of anilines is 1. The number of aromatic nitrogens is 5. The number of amides is 2. The lowest BCUT2D eigenvalue weighted by Crippen LogP contribution is -2.53. The summed E-state index contributed by atoms with van der Waals surface area (Å²) in [5.74, 6) is -2.30. The van der Waals surface area contributed by atoms with E-state index in [9.17, 15) is 19.5 Å². The largest absolute Gasteiger partial charge is 0.508 e. The summed E-state index contributed by atoms with van der Waals surface area (Å²) in [5, 5.41) is 14.9. The second-order valence-electron chi connectivity index (χ2n) is 16.5. The molecule has 0 radical (unpaired) electrons. The Hall–Kier alpha value is -7.30. The first-order chi connectivity index (χ1) is 31.8. The number of fused-ring (bicyclic) bond motifs is 6. The molecule has 0 bridgehead atoms. The molecule has 1 saturated heterocycles. The zero-order chi connectivity index (χ0) is 46.3. The van der Waals surface area contributed by atoms with Gasteiger partial charge in [0.1, 0.15) is 17.2 Å². The van der Waals surface area contributed by atoms with Crippen molar-refractivity contribution >= 4 is 62.5 Å². The minimum Gasteiger partial charge on any atom is -0.508 e. The third kappa shape index (κ3) is 6.26. The number of hydrogen-bond acceptors (Lipinski definition) is 11. The van der Waals surface area contributed by atoms with Gasteiger partial charge >= 0.3 is 11.4 Å². The molecule has 4 atom stereocenters. The molecule has 0 spiro atoms. The summed E-state index contributed by atoms with van der Waals surface area (Å²) in [4.78, 5) is 78.5. The van der Waals surface area contributed by atoms with Gasteiger partial charge in [-0.1, -0.05) is 71.7 Å². The molecule has 18 heteroatoms. The van der Waals surface area contributed by atoms with Crippen molar-refractivity contribution in [2.24, 2.45) is 13.0 Å². The normalized spacial score (nSPS) is 19.9. The number of nitrogens with one attached hydrogen (secondary N) is 1. The van der Waals surface area contributed by atoms with Crippen LogP contribution in [0.1, 0.15) is 35.2 Å². The molecular formula is C48H41Cl2N7O9. The number of allylic oxidation sites excluding steroid dienone is 2. The molecule has 66 heavy (non-hydrogen) atoms. The van der Waals surface area contributed by atoms with Crippen LogP contribution in [0.25, 0.3) is 21.8 Å². The predicted molar refractivity (Wildman–Crippen MR) is 247 cm³/mol. The highest BCUT2D eigenvalue weighted by atomic mass is 35.5. The lowest BCUT2D eigenvalue weighted by Gasteiger charge is -2.49. The van der Waals surface area contributed by atoms with Crippen molar-refractivity contribution in [2.45, 2.75) is 43.3 Å². The second-order valence-corrected chi connectivity index (χ2v) is 17.3. The number of aryl methyl sites for hydroxylation is 2. The van der Waals surface area contributed by atoms with Crippen LogP contribution in [0.3, 0.4) is 0 Å². The van der Waals surface area contributed by atoms with Gasteiger partial charge in [0.2, 0.25) is 0 Å². The third-order valence-electron chi connectivity index (χ3n) is 13.4. The van der Waals surface area contributed by atoms with Crippen molar-refractivity contribution in [3.63, 3.8) is 0 Å². The number of ether oxygens (including phenoxy) is 3.